The number of nitrogens with zero attached hydrogens (tertiary/aromatic N) is 2. The van der Waals surface area contributed by atoms with E-state index in [0.717, 1.165) is 44.6 Å². The molecule has 1 aliphatic heterocycles. The van der Waals surface area contributed by atoms with Crippen LogP contribution in [0.4, 0.5) is 5.69 Å². The average Bonchev–Trinajstić information content (AvgIpc) is 3.26. The summed E-state index contributed by atoms with van der Waals surface area (Å²) >= 11 is 0. The first kappa shape index (κ1) is 16.9. The van der Waals surface area contributed by atoms with Gasteiger partial charge in [0.15, 0.2) is 0 Å². The van der Waals surface area contributed by atoms with Gasteiger partial charge in [0.1, 0.15) is 0 Å². The minimum absolute atomic E-state index is 0.315. The number of hydrogen-bond donors (Lipinski definition) is 0. The number of anilines is 1. The second kappa shape index (κ2) is 7.36. The average molecular weight is 342 g/mol. The highest BCUT2D eigenvalue weighted by Crippen LogP contribution is 2.49. The van der Waals surface area contributed by atoms with Crippen molar-refractivity contribution in [2.24, 2.45) is 17.8 Å². The molecule has 4 rings (SSSR count). The van der Waals surface area contributed by atoms with Crippen molar-refractivity contribution in [3.8, 4) is 0 Å². The van der Waals surface area contributed by atoms with Gasteiger partial charge in [-0.05, 0) is 54.7 Å². The third-order valence-electron chi connectivity index (χ3n) is 6.48. The van der Waals surface area contributed by atoms with Crippen molar-refractivity contribution in [2.45, 2.75) is 38.6 Å². The Bertz CT molecular complexity index is 594. The van der Waals surface area contributed by atoms with Crippen molar-refractivity contribution in [1.82, 2.24) is 4.90 Å². The van der Waals surface area contributed by atoms with Crippen LogP contribution in [-0.2, 0) is 16.1 Å². The molecule has 2 bridgehead atoms. The molecule has 1 saturated heterocycles. The zero-order chi connectivity index (χ0) is 17.2. The highest BCUT2D eigenvalue weighted by molar-refractivity contribution is 5.76. The first-order chi connectivity index (χ1) is 12.2. The summed E-state index contributed by atoms with van der Waals surface area (Å²) in [6.45, 7) is 4.25. The Balaban J connectivity index is 1.29. The second-order valence-electron chi connectivity index (χ2n) is 8.15. The number of benzene rings is 1. The van der Waals surface area contributed by atoms with E-state index in [2.05, 4.69) is 29.2 Å². The topological polar surface area (TPSA) is 32.8 Å². The predicted octanol–water partition coefficient (Wildman–Crippen LogP) is 3.31. The highest BCUT2D eigenvalue weighted by atomic mass is 16.5. The molecule has 3 aliphatic rings. The molecule has 25 heavy (non-hydrogen) atoms. The van der Waals surface area contributed by atoms with E-state index in [-0.39, 0.29) is 0 Å². The lowest BCUT2D eigenvalue weighted by molar-refractivity contribution is -0.131. The molecule has 0 spiro atoms. The fourth-order valence-corrected chi connectivity index (χ4v) is 5.00. The molecule has 1 aromatic rings. The number of rotatable bonds is 5. The van der Waals surface area contributed by atoms with Crippen molar-refractivity contribution < 1.29 is 9.53 Å². The van der Waals surface area contributed by atoms with Gasteiger partial charge in [-0.2, -0.15) is 0 Å². The van der Waals surface area contributed by atoms with E-state index >= 15 is 0 Å². The number of carbonyl (C=O) groups is 1. The lowest BCUT2D eigenvalue weighted by Crippen LogP contribution is -2.36. The number of ether oxygens (including phenoxy) is 1. The quantitative estimate of drug-likeness (QED) is 0.823. The number of amides is 1. The summed E-state index contributed by atoms with van der Waals surface area (Å²) in [5, 5.41) is 0. The Morgan fingerprint density at radius 1 is 1.16 bits per heavy atom. The fraction of sp³-hybridized carbons (Fsp3) is 0.667. The van der Waals surface area contributed by atoms with E-state index in [1.165, 1.54) is 36.9 Å². The molecule has 3 fully saturated rings. The van der Waals surface area contributed by atoms with Crippen molar-refractivity contribution in [3.05, 3.63) is 29.8 Å². The van der Waals surface area contributed by atoms with Gasteiger partial charge in [-0.3, -0.25) is 4.79 Å². The number of carbonyl (C=O) groups excluding carboxylic acids is 1. The van der Waals surface area contributed by atoms with Gasteiger partial charge in [-0.1, -0.05) is 18.6 Å². The van der Waals surface area contributed by atoms with E-state index in [1.54, 1.807) is 0 Å². The predicted molar refractivity (Wildman–Crippen MR) is 99.5 cm³/mol. The largest absolute Gasteiger partial charge is 0.378 e. The Morgan fingerprint density at radius 3 is 2.56 bits per heavy atom. The van der Waals surface area contributed by atoms with Gasteiger partial charge in [0.2, 0.25) is 5.91 Å². The maximum atomic E-state index is 12.6. The minimum atomic E-state index is 0.315. The third kappa shape index (κ3) is 3.84. The van der Waals surface area contributed by atoms with Crippen molar-refractivity contribution in [2.75, 3.05) is 38.3 Å². The molecule has 3 unspecified atom stereocenters. The molecular weight excluding hydrogens is 312 g/mol. The van der Waals surface area contributed by atoms with Crippen LogP contribution in [0.2, 0.25) is 0 Å². The van der Waals surface area contributed by atoms with Crippen LogP contribution >= 0.6 is 0 Å². The number of hydrogen-bond acceptors (Lipinski definition) is 3. The van der Waals surface area contributed by atoms with Crippen LogP contribution in [0.1, 0.15) is 37.7 Å². The summed E-state index contributed by atoms with van der Waals surface area (Å²) in [6.07, 6.45) is 6.18. The number of fused-ring (bicyclic) bond motifs is 2. The molecule has 3 atom stereocenters. The zero-order valence-electron chi connectivity index (χ0n) is 15.3. The van der Waals surface area contributed by atoms with E-state index in [0.29, 0.717) is 18.4 Å². The Morgan fingerprint density at radius 2 is 1.92 bits per heavy atom. The lowest BCUT2D eigenvalue weighted by atomic mass is 9.86. The highest BCUT2D eigenvalue weighted by Gasteiger charge is 2.40. The maximum Gasteiger partial charge on any atom is 0.222 e. The van der Waals surface area contributed by atoms with Gasteiger partial charge in [-0.15, -0.1) is 0 Å². The van der Waals surface area contributed by atoms with Gasteiger partial charge in [-0.25, -0.2) is 0 Å². The molecule has 4 nitrogen and oxygen atoms in total. The van der Waals surface area contributed by atoms with Gasteiger partial charge in [0.05, 0.1) is 13.2 Å². The normalized spacial score (nSPS) is 28.4. The monoisotopic (exact) mass is 342 g/mol. The van der Waals surface area contributed by atoms with Gasteiger partial charge in [0, 0.05) is 38.8 Å². The molecule has 0 N–H and O–H groups in total. The maximum absolute atomic E-state index is 12.6. The Kier molecular flexibility index (Phi) is 4.98. The first-order valence-electron chi connectivity index (χ1n) is 9.84. The summed E-state index contributed by atoms with van der Waals surface area (Å²) in [5.74, 6) is 2.71. The molecule has 0 aromatic heterocycles. The lowest BCUT2D eigenvalue weighted by Gasteiger charge is -2.29. The van der Waals surface area contributed by atoms with Crippen LogP contribution in [0.5, 0.6) is 0 Å². The molecule has 1 amide bonds. The molecule has 1 aromatic carbocycles. The summed E-state index contributed by atoms with van der Waals surface area (Å²) in [4.78, 5) is 16.9. The molecule has 0 radical (unpaired) electrons. The standard InChI is InChI=1S/C21H30N2O2/c1-22(21(24)14-19-13-17-2-5-18(19)12-17)15-16-3-6-20(7-4-16)23-8-10-25-11-9-23/h3-4,6-7,17-19H,2,5,8-15H2,1H3. The van der Waals surface area contributed by atoms with E-state index in [4.69, 9.17) is 4.74 Å². The zero-order valence-corrected chi connectivity index (χ0v) is 15.3. The number of morpholine rings is 1. The van der Waals surface area contributed by atoms with Gasteiger partial charge >= 0.3 is 0 Å². The summed E-state index contributed by atoms with van der Waals surface area (Å²) in [6, 6.07) is 8.67. The molecule has 2 aliphatic carbocycles. The fourth-order valence-electron chi connectivity index (χ4n) is 5.00. The van der Waals surface area contributed by atoms with Crippen molar-refractivity contribution in [1.29, 1.82) is 0 Å². The summed E-state index contributed by atoms with van der Waals surface area (Å²) in [7, 11) is 1.95. The van der Waals surface area contributed by atoms with Crippen molar-refractivity contribution in [3.63, 3.8) is 0 Å². The van der Waals surface area contributed by atoms with Crippen LogP contribution < -0.4 is 4.90 Å². The van der Waals surface area contributed by atoms with Crippen LogP contribution in [0, 0.1) is 17.8 Å². The van der Waals surface area contributed by atoms with Crippen LogP contribution in [0.25, 0.3) is 0 Å². The van der Waals surface area contributed by atoms with Gasteiger partial charge in [0.25, 0.3) is 0 Å². The first-order valence-corrected chi connectivity index (χ1v) is 9.84. The van der Waals surface area contributed by atoms with Crippen molar-refractivity contribution >= 4 is 11.6 Å². The molecule has 1 heterocycles. The van der Waals surface area contributed by atoms with E-state index in [1.807, 2.05) is 11.9 Å². The third-order valence-corrected chi connectivity index (χ3v) is 6.48. The van der Waals surface area contributed by atoms with E-state index < -0.39 is 0 Å². The van der Waals surface area contributed by atoms with Gasteiger partial charge < -0.3 is 14.5 Å². The second-order valence-corrected chi connectivity index (χ2v) is 8.15. The Labute approximate surface area is 151 Å². The van der Waals surface area contributed by atoms with Crippen LogP contribution in [0.15, 0.2) is 24.3 Å². The summed E-state index contributed by atoms with van der Waals surface area (Å²) in [5.41, 5.74) is 2.46. The van der Waals surface area contributed by atoms with Crippen LogP contribution in [0.3, 0.4) is 0 Å². The molecule has 4 heteroatoms. The smallest absolute Gasteiger partial charge is 0.222 e. The SMILES string of the molecule is CN(Cc1ccc(N2CCOCC2)cc1)C(=O)CC1CC2CCC1C2. The summed E-state index contributed by atoms with van der Waals surface area (Å²) < 4.78 is 5.41. The molecule has 2 saturated carbocycles. The molecule has 136 valence electrons. The van der Waals surface area contributed by atoms with E-state index in [9.17, 15) is 4.79 Å². The van der Waals surface area contributed by atoms with Crippen LogP contribution in [-0.4, -0.2) is 44.2 Å². The minimum Gasteiger partial charge on any atom is -0.378 e. The molecular formula is C21H30N2O2. The Hall–Kier alpha value is -1.55.